The molecule has 2 amide bonds. The van der Waals surface area contributed by atoms with Crippen molar-refractivity contribution in [2.45, 2.75) is 62.6 Å². The molecule has 1 aliphatic carbocycles. The van der Waals surface area contributed by atoms with Gasteiger partial charge in [0.25, 0.3) is 10.0 Å². The maximum absolute atomic E-state index is 14.7. The molecule has 4 aromatic carbocycles. The quantitative estimate of drug-likeness (QED) is 0.149. The Morgan fingerprint density at radius 1 is 0.854 bits per heavy atom. The fourth-order valence-corrected chi connectivity index (χ4v) is 7.70. The molecule has 5 rings (SSSR count). The highest BCUT2D eigenvalue weighted by atomic mass is 35.5. The van der Waals surface area contributed by atoms with Gasteiger partial charge in [-0.1, -0.05) is 90.6 Å². The van der Waals surface area contributed by atoms with Gasteiger partial charge in [0.15, 0.2) is 0 Å². The highest BCUT2D eigenvalue weighted by molar-refractivity contribution is 7.92. The van der Waals surface area contributed by atoms with Crippen LogP contribution < -0.4 is 14.4 Å². The van der Waals surface area contributed by atoms with Gasteiger partial charge in [-0.05, 0) is 79.4 Å². The van der Waals surface area contributed by atoms with Crippen LogP contribution in [0.5, 0.6) is 5.75 Å². The zero-order valence-corrected chi connectivity index (χ0v) is 29.1. The van der Waals surface area contributed by atoms with Gasteiger partial charge in [0, 0.05) is 29.1 Å². The van der Waals surface area contributed by atoms with Crippen molar-refractivity contribution in [2.75, 3.05) is 17.5 Å². The number of carbonyl (C=O) groups is 2. The molecule has 1 aliphatic rings. The first-order valence-corrected chi connectivity index (χ1v) is 18.2. The van der Waals surface area contributed by atoms with Gasteiger partial charge in [0.2, 0.25) is 11.8 Å². The predicted molar refractivity (Wildman–Crippen MR) is 190 cm³/mol. The zero-order chi connectivity index (χ0) is 34.1. The number of ether oxygens (including phenoxy) is 1. The van der Waals surface area contributed by atoms with E-state index in [0.29, 0.717) is 21.4 Å². The molecule has 252 valence electrons. The fourth-order valence-electron chi connectivity index (χ4n) is 5.94. The van der Waals surface area contributed by atoms with Crippen molar-refractivity contribution < 1.29 is 22.7 Å². The number of amides is 2. The van der Waals surface area contributed by atoms with Gasteiger partial charge in [-0.3, -0.25) is 13.9 Å². The molecular formula is C37H39Cl2N3O5S. The molecule has 1 saturated carbocycles. The number of anilines is 1. The molecule has 1 atom stereocenters. The Morgan fingerprint density at radius 2 is 1.52 bits per heavy atom. The Hall–Kier alpha value is -4.05. The van der Waals surface area contributed by atoms with Crippen LogP contribution in [-0.4, -0.2) is 50.4 Å². The lowest BCUT2D eigenvalue weighted by molar-refractivity contribution is -0.140. The van der Waals surface area contributed by atoms with Crippen LogP contribution in [0.2, 0.25) is 10.0 Å². The Balaban J connectivity index is 1.59. The number of nitrogens with zero attached hydrogens (tertiary/aromatic N) is 2. The topological polar surface area (TPSA) is 96.0 Å². The summed E-state index contributed by atoms with van der Waals surface area (Å²) in [4.78, 5) is 30.3. The second-order valence-electron chi connectivity index (χ2n) is 11.7. The molecule has 0 heterocycles. The summed E-state index contributed by atoms with van der Waals surface area (Å²) in [5.74, 6) is -0.559. The van der Waals surface area contributed by atoms with Crippen LogP contribution >= 0.6 is 23.2 Å². The van der Waals surface area contributed by atoms with Crippen molar-refractivity contribution in [1.82, 2.24) is 10.2 Å². The molecule has 0 radical (unpaired) electrons. The smallest absolute Gasteiger partial charge is 0.264 e. The minimum atomic E-state index is -4.32. The molecule has 0 bridgehead atoms. The number of sulfonamides is 1. The highest BCUT2D eigenvalue weighted by Crippen LogP contribution is 2.33. The van der Waals surface area contributed by atoms with Gasteiger partial charge in [-0.2, -0.15) is 0 Å². The summed E-state index contributed by atoms with van der Waals surface area (Å²) in [6, 6.07) is 28.1. The molecule has 4 aromatic rings. The second-order valence-corrected chi connectivity index (χ2v) is 14.4. The van der Waals surface area contributed by atoms with E-state index in [1.54, 1.807) is 49.4 Å². The molecule has 1 fully saturated rings. The molecule has 0 saturated heterocycles. The van der Waals surface area contributed by atoms with Crippen LogP contribution in [0.15, 0.2) is 108 Å². The number of para-hydroxylation sites is 2. The molecule has 8 nitrogen and oxygen atoms in total. The second kappa shape index (κ2) is 16.4. The standard InChI is InChI=1S/C37H39Cl2N3O5S/c1-2-47-35-18-9-8-17-33(35)42(48(45,46)32-21-19-29(38)20-22-32)26-36(43)41(25-28-13-10-14-30(39)23-28)34(24-27-11-4-3-5-12-27)37(44)40-31-15-6-7-16-31/h3-5,8-14,17-23,31,34H,2,6-7,15-16,24-26H2,1H3,(H,40,44)/t34-/m1/s1. The van der Waals surface area contributed by atoms with Crippen LogP contribution in [0, 0.1) is 0 Å². The number of carbonyl (C=O) groups excluding carboxylic acids is 2. The van der Waals surface area contributed by atoms with Crippen molar-refractivity contribution in [1.29, 1.82) is 0 Å². The summed E-state index contributed by atoms with van der Waals surface area (Å²) in [6.07, 6.45) is 4.01. The van der Waals surface area contributed by atoms with E-state index < -0.39 is 28.5 Å². The first-order valence-electron chi connectivity index (χ1n) is 16.0. The number of nitrogens with one attached hydrogen (secondary N) is 1. The molecule has 0 aliphatic heterocycles. The maximum atomic E-state index is 14.7. The van der Waals surface area contributed by atoms with Crippen LogP contribution in [0.4, 0.5) is 5.69 Å². The van der Waals surface area contributed by atoms with E-state index in [2.05, 4.69) is 5.32 Å². The number of halogens is 2. The zero-order valence-electron chi connectivity index (χ0n) is 26.7. The molecule has 0 unspecified atom stereocenters. The van der Waals surface area contributed by atoms with E-state index in [1.165, 1.54) is 29.2 Å². The molecule has 0 spiro atoms. The number of benzene rings is 4. The van der Waals surface area contributed by atoms with Crippen LogP contribution in [-0.2, 0) is 32.6 Å². The lowest BCUT2D eigenvalue weighted by Gasteiger charge is -2.34. The summed E-state index contributed by atoms with van der Waals surface area (Å²) in [6.45, 7) is 1.50. The van der Waals surface area contributed by atoms with E-state index >= 15 is 0 Å². The molecule has 0 aromatic heterocycles. The molecular weight excluding hydrogens is 669 g/mol. The van der Waals surface area contributed by atoms with Crippen molar-refractivity contribution in [3.8, 4) is 5.75 Å². The summed E-state index contributed by atoms with van der Waals surface area (Å²) < 4.78 is 35.6. The Labute approximate surface area is 292 Å². The van der Waals surface area contributed by atoms with Crippen molar-refractivity contribution in [3.05, 3.63) is 124 Å². The normalized spacial score (nSPS) is 13.9. The fraction of sp³-hybridized carbons (Fsp3) is 0.297. The van der Waals surface area contributed by atoms with Crippen molar-refractivity contribution in [2.24, 2.45) is 0 Å². The van der Waals surface area contributed by atoms with Gasteiger partial charge in [0.1, 0.15) is 18.3 Å². The molecule has 1 N–H and O–H groups in total. The van der Waals surface area contributed by atoms with Crippen LogP contribution in [0.1, 0.15) is 43.7 Å². The summed E-state index contributed by atoms with van der Waals surface area (Å²) in [5.41, 5.74) is 1.75. The summed E-state index contributed by atoms with van der Waals surface area (Å²) >= 11 is 12.4. The highest BCUT2D eigenvalue weighted by Gasteiger charge is 2.36. The SMILES string of the molecule is CCOc1ccccc1N(CC(=O)N(Cc1cccc(Cl)c1)[C@H](Cc1ccccc1)C(=O)NC1CCCC1)S(=O)(=O)c1ccc(Cl)cc1. The van der Waals surface area contributed by atoms with Gasteiger partial charge in [0.05, 0.1) is 17.2 Å². The van der Waals surface area contributed by atoms with Gasteiger partial charge < -0.3 is 15.0 Å². The third-order valence-corrected chi connectivity index (χ3v) is 10.6. The first kappa shape index (κ1) is 35.3. The van der Waals surface area contributed by atoms with Crippen LogP contribution in [0.3, 0.4) is 0 Å². The Morgan fingerprint density at radius 3 is 2.21 bits per heavy atom. The average molecular weight is 709 g/mol. The third kappa shape index (κ3) is 8.89. The van der Waals surface area contributed by atoms with Gasteiger partial charge >= 0.3 is 0 Å². The van der Waals surface area contributed by atoms with E-state index in [9.17, 15) is 18.0 Å². The number of hydrogen-bond acceptors (Lipinski definition) is 5. The minimum Gasteiger partial charge on any atom is -0.492 e. The maximum Gasteiger partial charge on any atom is 0.264 e. The van der Waals surface area contributed by atoms with E-state index in [-0.39, 0.29) is 42.1 Å². The van der Waals surface area contributed by atoms with E-state index in [4.69, 9.17) is 27.9 Å². The van der Waals surface area contributed by atoms with Gasteiger partial charge in [-0.15, -0.1) is 0 Å². The van der Waals surface area contributed by atoms with Crippen molar-refractivity contribution in [3.63, 3.8) is 0 Å². The number of rotatable bonds is 14. The minimum absolute atomic E-state index is 0.0127. The summed E-state index contributed by atoms with van der Waals surface area (Å²) in [5, 5.41) is 4.03. The third-order valence-electron chi connectivity index (χ3n) is 8.33. The lowest BCUT2D eigenvalue weighted by Crippen LogP contribution is -2.54. The average Bonchev–Trinajstić information content (AvgIpc) is 3.59. The van der Waals surface area contributed by atoms with E-state index in [1.807, 2.05) is 36.4 Å². The van der Waals surface area contributed by atoms with Crippen molar-refractivity contribution >= 4 is 50.7 Å². The predicted octanol–water partition coefficient (Wildman–Crippen LogP) is 7.29. The number of hydrogen-bond donors (Lipinski definition) is 1. The molecule has 11 heteroatoms. The van der Waals surface area contributed by atoms with Gasteiger partial charge in [-0.25, -0.2) is 8.42 Å². The largest absolute Gasteiger partial charge is 0.492 e. The Kier molecular flexibility index (Phi) is 12.0. The van der Waals surface area contributed by atoms with E-state index in [0.717, 1.165) is 35.6 Å². The first-order chi connectivity index (χ1) is 23.2. The lowest BCUT2D eigenvalue weighted by atomic mass is 10.0. The summed E-state index contributed by atoms with van der Waals surface area (Å²) in [7, 11) is -4.32. The van der Waals surface area contributed by atoms with Crippen LogP contribution in [0.25, 0.3) is 0 Å². The monoisotopic (exact) mass is 707 g/mol. The molecule has 48 heavy (non-hydrogen) atoms. The Bertz CT molecular complexity index is 1800.